The molecule has 4 aromatic carbocycles. The van der Waals surface area contributed by atoms with Crippen molar-refractivity contribution in [2.75, 3.05) is 27.1 Å². The van der Waals surface area contributed by atoms with E-state index in [1.165, 1.54) is 0 Å². The Hall–Kier alpha value is -3.95. The second-order valence-corrected chi connectivity index (χ2v) is 18.4. The maximum absolute atomic E-state index is 14.0. The molecule has 1 saturated heterocycles. The van der Waals surface area contributed by atoms with Crippen molar-refractivity contribution in [2.24, 2.45) is 0 Å². The number of hydrogen-bond acceptors (Lipinski definition) is 11. The molecule has 11 nitrogen and oxygen atoms in total. The second-order valence-electron chi connectivity index (χ2n) is 16.1. The molecular weight excluding hydrogens is 785 g/mol. The predicted molar refractivity (Wildman–Crippen MR) is 228 cm³/mol. The van der Waals surface area contributed by atoms with E-state index in [4.69, 9.17) is 42.1 Å². The lowest BCUT2D eigenvalue weighted by Gasteiger charge is -2.47. The van der Waals surface area contributed by atoms with Gasteiger partial charge in [0.15, 0.2) is 0 Å². The molecule has 4 aromatic rings. The lowest BCUT2D eigenvalue weighted by Crippen LogP contribution is -2.61. The SMILES string of the molecule is COCOCCC1OC(CC2=CC[C@H](OCc3ccccc3)[C@@H](COCc3ccccc3)O2)[C@@H](OS(=O)(=O)C(C)(C)C)[C@H](OCc2ccccc2)[C@H]1OCc1ccccc1. The van der Waals surface area contributed by atoms with Crippen molar-refractivity contribution in [1.29, 1.82) is 0 Å². The molecule has 7 atom stereocenters. The van der Waals surface area contributed by atoms with Crippen molar-refractivity contribution >= 4 is 10.1 Å². The average molecular weight is 845 g/mol. The van der Waals surface area contributed by atoms with Gasteiger partial charge in [-0.15, -0.1) is 0 Å². The Morgan fingerprint density at radius 3 is 1.67 bits per heavy atom. The molecule has 0 aromatic heterocycles. The molecule has 0 saturated carbocycles. The van der Waals surface area contributed by atoms with Crippen LogP contribution in [0.1, 0.15) is 62.3 Å². The first-order chi connectivity index (χ1) is 29.1. The second kappa shape index (κ2) is 22.8. The van der Waals surface area contributed by atoms with Gasteiger partial charge in [-0.2, -0.15) is 8.42 Å². The largest absolute Gasteiger partial charge is 0.490 e. The van der Waals surface area contributed by atoms with Gasteiger partial charge < -0.3 is 37.9 Å². The van der Waals surface area contributed by atoms with Gasteiger partial charge in [0, 0.05) is 13.5 Å². The third-order valence-corrected chi connectivity index (χ3v) is 12.4. The van der Waals surface area contributed by atoms with E-state index in [1.54, 1.807) is 27.9 Å². The van der Waals surface area contributed by atoms with Crippen LogP contribution in [0, 0.1) is 0 Å². The summed E-state index contributed by atoms with van der Waals surface area (Å²) in [5.41, 5.74) is 3.96. The normalized spacial score (nSPS) is 23.5. The highest BCUT2D eigenvalue weighted by atomic mass is 32.2. The molecule has 0 amide bonds. The number of ether oxygens (including phenoxy) is 8. The fourth-order valence-electron chi connectivity index (χ4n) is 7.07. The molecule has 2 aliphatic heterocycles. The maximum Gasteiger partial charge on any atom is 0.272 e. The summed E-state index contributed by atoms with van der Waals surface area (Å²) >= 11 is 0. The summed E-state index contributed by atoms with van der Waals surface area (Å²) in [6, 6.07) is 39.5. The van der Waals surface area contributed by atoms with E-state index >= 15 is 0 Å². The van der Waals surface area contributed by atoms with E-state index < -0.39 is 51.5 Å². The van der Waals surface area contributed by atoms with E-state index in [-0.39, 0.29) is 39.1 Å². The van der Waals surface area contributed by atoms with E-state index in [0.29, 0.717) is 38.4 Å². The molecular formula is C48H60O11S. The molecule has 2 heterocycles. The average Bonchev–Trinajstić information content (AvgIpc) is 3.25. The number of benzene rings is 4. The number of rotatable bonds is 22. The highest BCUT2D eigenvalue weighted by molar-refractivity contribution is 7.88. The Labute approximate surface area is 356 Å². The lowest BCUT2D eigenvalue weighted by atomic mass is 9.90. The van der Waals surface area contributed by atoms with Crippen molar-refractivity contribution in [3.63, 3.8) is 0 Å². The molecule has 1 fully saturated rings. The number of methoxy groups -OCH3 is 1. The molecule has 6 rings (SSSR count). The molecule has 324 valence electrons. The molecule has 0 spiro atoms. The maximum atomic E-state index is 14.0. The minimum Gasteiger partial charge on any atom is -0.490 e. The quantitative estimate of drug-likeness (QED) is 0.0432. The van der Waals surface area contributed by atoms with Crippen molar-refractivity contribution in [3.05, 3.63) is 155 Å². The van der Waals surface area contributed by atoms with Crippen LogP contribution in [0.25, 0.3) is 0 Å². The monoisotopic (exact) mass is 844 g/mol. The molecule has 0 aliphatic carbocycles. The molecule has 2 aliphatic rings. The first-order valence-electron chi connectivity index (χ1n) is 20.7. The smallest absolute Gasteiger partial charge is 0.272 e. The third kappa shape index (κ3) is 13.5. The van der Waals surface area contributed by atoms with Gasteiger partial charge in [-0.25, -0.2) is 0 Å². The summed E-state index contributed by atoms with van der Waals surface area (Å²) in [7, 11) is -2.60. The van der Waals surface area contributed by atoms with Crippen LogP contribution in [0.2, 0.25) is 0 Å². The summed E-state index contributed by atoms with van der Waals surface area (Å²) in [5, 5.41) is 0. The van der Waals surface area contributed by atoms with Gasteiger partial charge >= 0.3 is 0 Å². The highest BCUT2D eigenvalue weighted by Gasteiger charge is 2.51. The van der Waals surface area contributed by atoms with Crippen LogP contribution >= 0.6 is 0 Å². The highest BCUT2D eigenvalue weighted by Crippen LogP contribution is 2.37. The van der Waals surface area contributed by atoms with Crippen LogP contribution in [0.5, 0.6) is 0 Å². The van der Waals surface area contributed by atoms with Crippen LogP contribution < -0.4 is 0 Å². The Morgan fingerprint density at radius 2 is 1.13 bits per heavy atom. The van der Waals surface area contributed by atoms with Gasteiger partial charge in [-0.1, -0.05) is 121 Å². The lowest BCUT2D eigenvalue weighted by molar-refractivity contribution is -0.250. The van der Waals surface area contributed by atoms with Gasteiger partial charge in [-0.3, -0.25) is 4.18 Å². The van der Waals surface area contributed by atoms with Crippen molar-refractivity contribution in [3.8, 4) is 0 Å². The van der Waals surface area contributed by atoms with E-state index in [0.717, 1.165) is 22.3 Å². The number of hydrogen-bond donors (Lipinski definition) is 0. The summed E-state index contributed by atoms with van der Waals surface area (Å²) in [4.78, 5) is 0. The van der Waals surface area contributed by atoms with Gasteiger partial charge in [0.1, 0.15) is 37.3 Å². The molecule has 12 heteroatoms. The van der Waals surface area contributed by atoms with E-state index in [2.05, 4.69) is 0 Å². The van der Waals surface area contributed by atoms with E-state index in [1.807, 2.05) is 127 Å². The zero-order valence-corrected chi connectivity index (χ0v) is 36.0. The Morgan fingerprint density at radius 1 is 0.617 bits per heavy atom. The summed E-state index contributed by atoms with van der Waals surface area (Å²) in [6.07, 6.45) is -1.75. The van der Waals surface area contributed by atoms with Gasteiger partial charge in [-0.05, 0) is 61.9 Å². The van der Waals surface area contributed by atoms with Crippen molar-refractivity contribution in [1.82, 2.24) is 0 Å². The summed E-state index contributed by atoms with van der Waals surface area (Å²) in [6.45, 7) is 6.77. The van der Waals surface area contributed by atoms with Crippen molar-refractivity contribution in [2.45, 2.75) is 114 Å². The molecule has 0 bridgehead atoms. The van der Waals surface area contributed by atoms with Gasteiger partial charge in [0.2, 0.25) is 0 Å². The Kier molecular flexibility index (Phi) is 17.3. The Balaban J connectivity index is 1.30. The standard InChI is InChI=1S/C48H60O11S/c1-48(2,3)60(49,50)59-46-43(29-40-25-26-41(54-31-37-19-11-6-12-20-37)44(57-40)34-53-30-36-17-9-5-10-18-36)58-42(27-28-52-35-51-4)45(55-32-38-21-13-7-14-22-38)47(46)56-33-39-23-15-8-16-24-39/h5-25,41-47H,26-35H2,1-4H3/t41-,42?,43?,44+,45-,46+,47+/m0/s1. The van der Waals surface area contributed by atoms with Gasteiger partial charge in [0.25, 0.3) is 10.1 Å². The van der Waals surface area contributed by atoms with Crippen LogP contribution in [0.3, 0.4) is 0 Å². The van der Waals surface area contributed by atoms with Crippen molar-refractivity contribution < 1.29 is 50.5 Å². The summed E-state index contributed by atoms with van der Waals surface area (Å²) < 4.78 is 83.8. The molecule has 2 unspecified atom stereocenters. The molecule has 0 radical (unpaired) electrons. The van der Waals surface area contributed by atoms with Crippen LogP contribution in [0.15, 0.2) is 133 Å². The van der Waals surface area contributed by atoms with Crippen LogP contribution in [-0.2, 0) is 78.6 Å². The third-order valence-electron chi connectivity index (χ3n) is 10.4. The first-order valence-corrected chi connectivity index (χ1v) is 22.1. The minimum atomic E-state index is -4.17. The first kappa shape index (κ1) is 45.6. The van der Waals surface area contributed by atoms with E-state index in [9.17, 15) is 8.42 Å². The fourth-order valence-corrected chi connectivity index (χ4v) is 7.88. The fraction of sp³-hybridized carbons (Fsp3) is 0.458. The Bertz CT molecular complexity index is 1960. The van der Waals surface area contributed by atoms with Gasteiger partial charge in [0.05, 0.1) is 62.4 Å². The molecule has 0 N–H and O–H groups in total. The minimum absolute atomic E-state index is 0.108. The van der Waals surface area contributed by atoms with Crippen LogP contribution in [-0.4, -0.2) is 83.0 Å². The zero-order chi connectivity index (χ0) is 42.2. The zero-order valence-electron chi connectivity index (χ0n) is 35.1. The van der Waals surface area contributed by atoms with Crippen LogP contribution in [0.4, 0.5) is 0 Å². The topological polar surface area (TPSA) is 117 Å². The summed E-state index contributed by atoms with van der Waals surface area (Å²) in [5.74, 6) is 0.620. The molecule has 60 heavy (non-hydrogen) atoms. The predicted octanol–water partition coefficient (Wildman–Crippen LogP) is 8.31.